The molecule has 1 aromatic heterocycles. The summed E-state index contributed by atoms with van der Waals surface area (Å²) in [5.74, 6) is -0.159. The Labute approximate surface area is 151 Å². The summed E-state index contributed by atoms with van der Waals surface area (Å²) in [7, 11) is 0. The topological polar surface area (TPSA) is 68.7 Å². The van der Waals surface area contributed by atoms with Crippen LogP contribution in [0.2, 0.25) is 0 Å². The molecule has 1 aliphatic rings. The van der Waals surface area contributed by atoms with Gasteiger partial charge in [-0.05, 0) is 37.5 Å². The van der Waals surface area contributed by atoms with Gasteiger partial charge in [-0.1, -0.05) is 30.3 Å². The van der Waals surface area contributed by atoms with Crippen LogP contribution in [0, 0.1) is 0 Å². The van der Waals surface area contributed by atoms with Crippen LogP contribution in [0.5, 0.6) is 5.88 Å². The number of H-pyrrole nitrogens is 1. The Bertz CT molecular complexity index is 1020. The fraction of sp³-hybridized carbons (Fsp3) is 0.238. The second kappa shape index (κ2) is 7.04. The number of nitrogens with one attached hydrogen (secondary N) is 1. The van der Waals surface area contributed by atoms with E-state index in [2.05, 4.69) is 20.9 Å². The highest BCUT2D eigenvalue weighted by Crippen LogP contribution is 2.31. The van der Waals surface area contributed by atoms with E-state index in [0.717, 1.165) is 24.5 Å². The van der Waals surface area contributed by atoms with E-state index in [-0.39, 0.29) is 11.4 Å². The summed E-state index contributed by atoms with van der Waals surface area (Å²) in [6.45, 7) is 2.08. The molecule has 0 aliphatic carbocycles. The average molecular weight is 347 g/mol. The summed E-state index contributed by atoms with van der Waals surface area (Å²) >= 11 is 0. The predicted molar refractivity (Wildman–Crippen MR) is 106 cm³/mol. The Morgan fingerprint density at radius 3 is 2.46 bits per heavy atom. The molecular weight excluding hydrogens is 326 g/mol. The first-order valence-electron chi connectivity index (χ1n) is 8.96. The second-order valence-electron chi connectivity index (χ2n) is 6.56. The van der Waals surface area contributed by atoms with Gasteiger partial charge in [-0.3, -0.25) is 14.8 Å². The first kappa shape index (κ1) is 16.4. The van der Waals surface area contributed by atoms with Crippen LogP contribution in [0.4, 0.5) is 11.4 Å². The lowest BCUT2D eigenvalue weighted by molar-refractivity contribution is 0.452. The summed E-state index contributed by atoms with van der Waals surface area (Å²) in [5, 5.41) is 11.5. The normalized spacial score (nSPS) is 15.0. The van der Waals surface area contributed by atoms with Crippen molar-refractivity contribution >= 4 is 28.4 Å². The molecule has 2 N–H and O–H groups in total. The van der Waals surface area contributed by atoms with Crippen LogP contribution >= 0.6 is 0 Å². The van der Waals surface area contributed by atoms with Gasteiger partial charge >= 0.3 is 0 Å². The van der Waals surface area contributed by atoms with Gasteiger partial charge in [0.15, 0.2) is 0 Å². The number of hydrogen-bond acceptors (Lipinski definition) is 4. The minimum absolute atomic E-state index is 0.159. The zero-order valence-electron chi connectivity index (χ0n) is 14.5. The van der Waals surface area contributed by atoms with Gasteiger partial charge in [0.25, 0.3) is 5.56 Å². The zero-order chi connectivity index (χ0) is 17.9. The number of aromatic nitrogens is 1. The molecule has 1 aliphatic heterocycles. The van der Waals surface area contributed by atoms with E-state index in [0.29, 0.717) is 16.3 Å². The summed E-state index contributed by atoms with van der Waals surface area (Å²) in [4.78, 5) is 21.5. The molecule has 5 heteroatoms. The van der Waals surface area contributed by atoms with Crippen LogP contribution in [-0.4, -0.2) is 29.4 Å². The summed E-state index contributed by atoms with van der Waals surface area (Å²) in [5.41, 5.74) is 2.19. The molecule has 0 amide bonds. The second-order valence-corrected chi connectivity index (χ2v) is 6.56. The number of benzene rings is 2. The SMILES string of the molecule is O=c1[nH]c(O)c(C=Nc2ccccc2N2CCCCC2)c2ccccc12. The summed E-state index contributed by atoms with van der Waals surface area (Å²) < 4.78 is 0. The van der Waals surface area contributed by atoms with Gasteiger partial charge in [0.05, 0.1) is 16.9 Å². The molecule has 0 radical (unpaired) electrons. The number of aromatic hydroxyl groups is 1. The Morgan fingerprint density at radius 2 is 1.65 bits per heavy atom. The number of para-hydroxylation sites is 2. The van der Waals surface area contributed by atoms with Gasteiger partial charge < -0.3 is 10.0 Å². The zero-order valence-corrected chi connectivity index (χ0v) is 14.5. The maximum absolute atomic E-state index is 12.0. The molecule has 0 saturated carbocycles. The molecule has 1 fully saturated rings. The van der Waals surface area contributed by atoms with Crippen molar-refractivity contribution in [3.63, 3.8) is 0 Å². The highest BCUT2D eigenvalue weighted by atomic mass is 16.3. The maximum atomic E-state index is 12.0. The monoisotopic (exact) mass is 347 g/mol. The molecule has 132 valence electrons. The van der Waals surface area contributed by atoms with Crippen LogP contribution in [0.3, 0.4) is 0 Å². The highest BCUT2D eigenvalue weighted by Gasteiger charge is 2.14. The molecule has 1 saturated heterocycles. The molecule has 4 rings (SSSR count). The van der Waals surface area contributed by atoms with Gasteiger partial charge in [0.2, 0.25) is 5.88 Å². The third kappa shape index (κ3) is 3.08. The summed E-state index contributed by atoms with van der Waals surface area (Å²) in [6.07, 6.45) is 5.31. The van der Waals surface area contributed by atoms with Crippen molar-refractivity contribution in [3.05, 3.63) is 64.4 Å². The molecule has 2 heterocycles. The van der Waals surface area contributed by atoms with Crippen molar-refractivity contribution in [2.45, 2.75) is 19.3 Å². The van der Waals surface area contributed by atoms with E-state index >= 15 is 0 Å². The van der Waals surface area contributed by atoms with Crippen molar-refractivity contribution in [2.24, 2.45) is 4.99 Å². The van der Waals surface area contributed by atoms with Crippen LogP contribution in [0.15, 0.2) is 58.3 Å². The fourth-order valence-corrected chi connectivity index (χ4v) is 3.53. The molecule has 0 atom stereocenters. The molecule has 5 nitrogen and oxygen atoms in total. The lowest BCUT2D eigenvalue weighted by Crippen LogP contribution is -2.29. The predicted octanol–water partition coefficient (Wildman–Crippen LogP) is 3.97. The van der Waals surface area contributed by atoms with E-state index in [4.69, 9.17) is 0 Å². The van der Waals surface area contributed by atoms with Crippen LogP contribution in [-0.2, 0) is 0 Å². The van der Waals surface area contributed by atoms with Gasteiger partial charge in [0, 0.05) is 30.1 Å². The standard InChI is InChI=1S/C21H21N3O2/c25-20-16-9-3-2-8-15(16)17(21(26)23-20)14-22-18-10-4-5-11-19(18)24-12-6-1-7-13-24/h2-5,8-11,14H,1,6-7,12-13H2,(H2,23,25,26). The van der Waals surface area contributed by atoms with E-state index in [1.807, 2.05) is 30.3 Å². The Kier molecular flexibility index (Phi) is 4.44. The fourth-order valence-electron chi connectivity index (χ4n) is 3.53. The highest BCUT2D eigenvalue weighted by molar-refractivity contribution is 6.02. The third-order valence-electron chi connectivity index (χ3n) is 4.86. The minimum atomic E-state index is -0.302. The molecule has 3 aromatic rings. The van der Waals surface area contributed by atoms with Crippen molar-refractivity contribution in [1.82, 2.24) is 4.98 Å². The van der Waals surface area contributed by atoms with E-state index in [9.17, 15) is 9.90 Å². The molecular formula is C21H21N3O2. The van der Waals surface area contributed by atoms with Gasteiger partial charge in [-0.15, -0.1) is 0 Å². The maximum Gasteiger partial charge on any atom is 0.258 e. The molecule has 0 spiro atoms. The number of aromatic amines is 1. The number of piperidine rings is 1. The van der Waals surface area contributed by atoms with Crippen LogP contribution < -0.4 is 10.5 Å². The number of aliphatic imine (C=N–C) groups is 1. The molecule has 26 heavy (non-hydrogen) atoms. The number of pyridine rings is 1. The number of rotatable bonds is 3. The van der Waals surface area contributed by atoms with Gasteiger partial charge in [0.1, 0.15) is 0 Å². The molecule has 0 unspecified atom stereocenters. The summed E-state index contributed by atoms with van der Waals surface area (Å²) in [6, 6.07) is 15.3. The van der Waals surface area contributed by atoms with Gasteiger partial charge in [-0.25, -0.2) is 0 Å². The molecule has 2 aromatic carbocycles. The van der Waals surface area contributed by atoms with E-state index in [1.165, 1.54) is 19.3 Å². The van der Waals surface area contributed by atoms with Crippen molar-refractivity contribution in [2.75, 3.05) is 18.0 Å². The lowest BCUT2D eigenvalue weighted by atomic mass is 10.1. The number of anilines is 1. The van der Waals surface area contributed by atoms with E-state index < -0.39 is 0 Å². The smallest absolute Gasteiger partial charge is 0.258 e. The Balaban J connectivity index is 1.76. The van der Waals surface area contributed by atoms with Gasteiger partial charge in [-0.2, -0.15) is 0 Å². The van der Waals surface area contributed by atoms with E-state index in [1.54, 1.807) is 18.3 Å². The first-order chi connectivity index (χ1) is 12.7. The quantitative estimate of drug-likeness (QED) is 0.704. The minimum Gasteiger partial charge on any atom is -0.494 e. The van der Waals surface area contributed by atoms with Crippen LogP contribution in [0.25, 0.3) is 10.8 Å². The Hall–Kier alpha value is -3.08. The lowest BCUT2D eigenvalue weighted by Gasteiger charge is -2.29. The first-order valence-corrected chi connectivity index (χ1v) is 8.96. The largest absolute Gasteiger partial charge is 0.494 e. The van der Waals surface area contributed by atoms with Crippen LogP contribution in [0.1, 0.15) is 24.8 Å². The average Bonchev–Trinajstić information content (AvgIpc) is 2.69. The number of hydrogen-bond donors (Lipinski definition) is 2. The van der Waals surface area contributed by atoms with Crippen molar-refractivity contribution in [3.8, 4) is 5.88 Å². The number of nitrogens with zero attached hydrogens (tertiary/aromatic N) is 2. The third-order valence-corrected chi connectivity index (χ3v) is 4.86. The molecule has 0 bridgehead atoms. The number of fused-ring (bicyclic) bond motifs is 1. The Morgan fingerprint density at radius 1 is 0.962 bits per heavy atom. The van der Waals surface area contributed by atoms with Crippen molar-refractivity contribution in [1.29, 1.82) is 0 Å². The van der Waals surface area contributed by atoms with Crippen molar-refractivity contribution < 1.29 is 5.11 Å².